The minimum absolute atomic E-state index is 0.642. The summed E-state index contributed by atoms with van der Waals surface area (Å²) in [6.07, 6.45) is 3.93. The van der Waals surface area contributed by atoms with Crippen molar-refractivity contribution in [2.45, 2.75) is 12.8 Å². The van der Waals surface area contributed by atoms with Gasteiger partial charge in [-0.05, 0) is 62.7 Å². The third kappa shape index (κ3) is 5.71. The third-order valence-electron chi connectivity index (χ3n) is 10.2. The van der Waals surface area contributed by atoms with Crippen LogP contribution in [0.5, 0.6) is 0 Å². The normalized spacial score (nSPS) is 12.5. The molecule has 10 rings (SSSR count). The monoisotopic (exact) mass is 679 g/mol. The van der Waals surface area contributed by atoms with E-state index in [1.54, 1.807) is 0 Å². The predicted octanol–water partition coefficient (Wildman–Crippen LogP) is 12.5. The molecule has 7 aromatic carbocycles. The van der Waals surface area contributed by atoms with Gasteiger partial charge in [-0.1, -0.05) is 164 Å². The van der Waals surface area contributed by atoms with Crippen LogP contribution in [0.25, 0.3) is 83.5 Å². The van der Waals surface area contributed by atoms with E-state index in [-0.39, 0.29) is 0 Å². The Morgan fingerprint density at radius 3 is 1.72 bits per heavy atom. The van der Waals surface area contributed by atoms with Crippen molar-refractivity contribution in [1.82, 2.24) is 15.0 Å². The van der Waals surface area contributed by atoms with Crippen LogP contribution in [0.15, 0.2) is 180 Å². The molecule has 1 aliphatic carbocycles. The number of aromatic nitrogens is 3. The summed E-state index contributed by atoms with van der Waals surface area (Å²) in [4.78, 5) is 15.2. The fourth-order valence-corrected chi connectivity index (χ4v) is 7.55. The van der Waals surface area contributed by atoms with E-state index in [9.17, 15) is 0 Å². The second kappa shape index (κ2) is 13.0. The molecule has 0 radical (unpaired) electrons. The summed E-state index contributed by atoms with van der Waals surface area (Å²) in [7, 11) is 0. The van der Waals surface area contributed by atoms with Crippen LogP contribution in [-0.2, 0) is 6.42 Å². The molecule has 0 saturated carbocycles. The molecule has 0 bridgehead atoms. The van der Waals surface area contributed by atoms with Crippen molar-refractivity contribution < 1.29 is 4.42 Å². The van der Waals surface area contributed by atoms with Crippen LogP contribution in [0.3, 0.4) is 0 Å². The summed E-state index contributed by atoms with van der Waals surface area (Å²) in [5.74, 6) is 2.91. The van der Waals surface area contributed by atoms with Gasteiger partial charge in [-0.3, -0.25) is 0 Å². The molecule has 4 nitrogen and oxygen atoms in total. The number of nitrogens with zero attached hydrogens (tertiary/aromatic N) is 3. The fourth-order valence-electron chi connectivity index (χ4n) is 7.55. The standard InChI is InChI=1S/C49H33N3O/c1-3-11-32(12-4-1)33-23-27-38(28-24-33)48-50-47(37-14-5-2-6-15-37)51-49(52-48)43-19-10-20-44-46(43)42-30-29-39(31-45(42)53-44)34-21-25-36(26-22-34)41-18-9-16-35-13-7-8-17-40(35)41/h1-9,11-19,21-31H,10,20H2. The minimum Gasteiger partial charge on any atom is -0.460 e. The maximum absolute atomic E-state index is 6.62. The molecule has 4 heteroatoms. The van der Waals surface area contributed by atoms with Crippen LogP contribution in [0.1, 0.15) is 23.6 Å². The summed E-state index contributed by atoms with van der Waals surface area (Å²) < 4.78 is 6.62. The number of allylic oxidation sites excluding steroid dienone is 1. The zero-order valence-corrected chi connectivity index (χ0v) is 28.9. The summed E-state index contributed by atoms with van der Waals surface area (Å²) in [6, 6.07) is 59.4. The first-order valence-corrected chi connectivity index (χ1v) is 18.1. The van der Waals surface area contributed by atoms with Gasteiger partial charge in [-0.15, -0.1) is 0 Å². The molecule has 250 valence electrons. The first kappa shape index (κ1) is 30.9. The van der Waals surface area contributed by atoms with Crippen molar-refractivity contribution >= 4 is 27.3 Å². The number of fused-ring (bicyclic) bond motifs is 4. The van der Waals surface area contributed by atoms with Crippen LogP contribution < -0.4 is 0 Å². The van der Waals surface area contributed by atoms with Crippen molar-refractivity contribution in [3.63, 3.8) is 0 Å². The lowest BCUT2D eigenvalue weighted by Gasteiger charge is -2.14. The molecular weight excluding hydrogens is 647 g/mol. The van der Waals surface area contributed by atoms with Gasteiger partial charge in [0.2, 0.25) is 0 Å². The van der Waals surface area contributed by atoms with E-state index in [0.29, 0.717) is 17.5 Å². The molecule has 0 atom stereocenters. The number of benzene rings is 7. The summed E-state index contributed by atoms with van der Waals surface area (Å²) in [6.45, 7) is 0. The minimum atomic E-state index is 0.642. The Morgan fingerprint density at radius 2 is 0.962 bits per heavy atom. The average molecular weight is 680 g/mol. The maximum Gasteiger partial charge on any atom is 0.164 e. The lowest BCUT2D eigenvalue weighted by Crippen LogP contribution is -2.06. The van der Waals surface area contributed by atoms with Gasteiger partial charge in [0.15, 0.2) is 17.5 Å². The smallest absolute Gasteiger partial charge is 0.164 e. The van der Waals surface area contributed by atoms with Gasteiger partial charge < -0.3 is 4.42 Å². The fraction of sp³-hybridized carbons (Fsp3) is 0.0408. The van der Waals surface area contributed by atoms with Gasteiger partial charge in [0.05, 0.1) is 0 Å². The lowest BCUT2D eigenvalue weighted by molar-refractivity contribution is 0.545. The van der Waals surface area contributed by atoms with Gasteiger partial charge in [0.1, 0.15) is 11.3 Å². The lowest BCUT2D eigenvalue weighted by atomic mass is 9.92. The molecule has 0 spiro atoms. The summed E-state index contributed by atoms with van der Waals surface area (Å²) >= 11 is 0. The highest BCUT2D eigenvalue weighted by molar-refractivity contribution is 5.99. The van der Waals surface area contributed by atoms with E-state index in [1.165, 1.54) is 27.5 Å². The second-order valence-corrected chi connectivity index (χ2v) is 13.5. The highest BCUT2D eigenvalue weighted by Crippen LogP contribution is 2.40. The van der Waals surface area contributed by atoms with E-state index < -0.39 is 0 Å². The van der Waals surface area contributed by atoms with Crippen LogP contribution in [0.2, 0.25) is 0 Å². The maximum atomic E-state index is 6.62. The van der Waals surface area contributed by atoms with Crippen LogP contribution in [-0.4, -0.2) is 15.0 Å². The van der Waals surface area contributed by atoms with E-state index in [0.717, 1.165) is 68.5 Å². The highest BCUT2D eigenvalue weighted by atomic mass is 16.3. The van der Waals surface area contributed by atoms with Crippen molar-refractivity contribution in [1.29, 1.82) is 0 Å². The number of aryl methyl sites for hydroxylation is 1. The Balaban J connectivity index is 1.02. The van der Waals surface area contributed by atoms with E-state index in [4.69, 9.17) is 19.4 Å². The van der Waals surface area contributed by atoms with Gasteiger partial charge in [-0.2, -0.15) is 0 Å². The summed E-state index contributed by atoms with van der Waals surface area (Å²) in [5, 5.41) is 3.57. The van der Waals surface area contributed by atoms with Crippen LogP contribution in [0.4, 0.5) is 0 Å². The van der Waals surface area contributed by atoms with Gasteiger partial charge in [0.25, 0.3) is 0 Å². The molecule has 2 heterocycles. The Hall–Kier alpha value is -6.91. The molecule has 0 N–H and O–H groups in total. The Kier molecular flexibility index (Phi) is 7.58. The largest absolute Gasteiger partial charge is 0.460 e. The van der Waals surface area contributed by atoms with Crippen molar-refractivity contribution in [3.05, 3.63) is 193 Å². The van der Waals surface area contributed by atoms with E-state index >= 15 is 0 Å². The first-order valence-electron chi connectivity index (χ1n) is 18.1. The highest BCUT2D eigenvalue weighted by Gasteiger charge is 2.25. The Labute approximate surface area is 307 Å². The molecule has 9 aromatic rings. The third-order valence-corrected chi connectivity index (χ3v) is 10.2. The number of hydrogen-bond acceptors (Lipinski definition) is 4. The topological polar surface area (TPSA) is 51.8 Å². The predicted molar refractivity (Wildman–Crippen MR) is 216 cm³/mol. The average Bonchev–Trinajstić information content (AvgIpc) is 3.62. The molecule has 2 aromatic heterocycles. The second-order valence-electron chi connectivity index (χ2n) is 13.5. The van der Waals surface area contributed by atoms with Crippen molar-refractivity contribution in [3.8, 4) is 56.2 Å². The van der Waals surface area contributed by atoms with Crippen LogP contribution in [0, 0.1) is 0 Å². The number of hydrogen-bond donors (Lipinski definition) is 0. The van der Waals surface area contributed by atoms with Crippen LogP contribution >= 0.6 is 0 Å². The number of rotatable bonds is 6. The van der Waals surface area contributed by atoms with Gasteiger partial charge in [0, 0.05) is 34.1 Å². The molecule has 0 amide bonds. The molecule has 0 fully saturated rings. The molecule has 0 saturated heterocycles. The first-order chi connectivity index (χ1) is 26.2. The zero-order chi connectivity index (χ0) is 35.1. The zero-order valence-electron chi connectivity index (χ0n) is 28.9. The Bertz CT molecular complexity index is 2800. The number of furan rings is 1. The molecule has 0 unspecified atom stereocenters. The molecular formula is C49H33N3O. The Morgan fingerprint density at radius 1 is 0.415 bits per heavy atom. The SMILES string of the molecule is C1=C(c2nc(-c3ccccc3)nc(-c3ccc(-c4ccccc4)cc3)n2)c2c(oc3cc(-c4ccc(-c5cccc6ccccc56)cc4)ccc23)CC1. The van der Waals surface area contributed by atoms with Gasteiger partial charge in [-0.25, -0.2) is 15.0 Å². The van der Waals surface area contributed by atoms with Crippen molar-refractivity contribution in [2.75, 3.05) is 0 Å². The van der Waals surface area contributed by atoms with Crippen molar-refractivity contribution in [2.24, 2.45) is 0 Å². The molecule has 1 aliphatic rings. The van der Waals surface area contributed by atoms with E-state index in [1.807, 2.05) is 36.4 Å². The van der Waals surface area contributed by atoms with E-state index in [2.05, 4.69) is 140 Å². The van der Waals surface area contributed by atoms with Gasteiger partial charge >= 0.3 is 0 Å². The molecule has 0 aliphatic heterocycles. The quantitative estimate of drug-likeness (QED) is 0.175. The molecule has 53 heavy (non-hydrogen) atoms. The summed E-state index contributed by atoms with van der Waals surface area (Å²) in [5.41, 5.74) is 11.8.